The summed E-state index contributed by atoms with van der Waals surface area (Å²) >= 11 is 9.31. The number of rotatable bonds is 4. The van der Waals surface area contributed by atoms with Gasteiger partial charge in [-0.05, 0) is 52.5 Å². The van der Waals surface area contributed by atoms with Crippen LogP contribution in [-0.4, -0.2) is 5.88 Å². The normalized spacial score (nSPS) is 12.4. The Morgan fingerprint density at radius 1 is 1.21 bits per heavy atom. The Morgan fingerprint density at radius 3 is 2.63 bits per heavy atom. The van der Waals surface area contributed by atoms with Crippen LogP contribution in [0.4, 0.5) is 4.39 Å². The van der Waals surface area contributed by atoms with Gasteiger partial charge in [0.15, 0.2) is 0 Å². The summed E-state index contributed by atoms with van der Waals surface area (Å²) in [5.41, 5.74) is 3.55. The first kappa shape index (κ1) is 14.5. The van der Waals surface area contributed by atoms with Gasteiger partial charge < -0.3 is 0 Å². The van der Waals surface area contributed by atoms with Gasteiger partial charge in [-0.25, -0.2) is 4.39 Å². The van der Waals surface area contributed by atoms with Crippen molar-refractivity contribution < 1.29 is 4.39 Å². The van der Waals surface area contributed by atoms with E-state index in [-0.39, 0.29) is 11.7 Å². The molecular formula is C16H15BrClF. The molecule has 3 heteroatoms. The second-order valence-electron chi connectivity index (χ2n) is 4.72. The van der Waals surface area contributed by atoms with E-state index < -0.39 is 0 Å². The number of benzene rings is 2. The van der Waals surface area contributed by atoms with Crippen molar-refractivity contribution in [3.05, 3.63) is 69.4 Å². The Morgan fingerprint density at radius 2 is 2.00 bits per heavy atom. The first-order valence-electron chi connectivity index (χ1n) is 6.16. The van der Waals surface area contributed by atoms with Gasteiger partial charge >= 0.3 is 0 Å². The predicted molar refractivity (Wildman–Crippen MR) is 82.4 cm³/mol. The summed E-state index contributed by atoms with van der Waals surface area (Å²) in [6.07, 6.45) is 0.811. The molecule has 0 heterocycles. The summed E-state index contributed by atoms with van der Waals surface area (Å²) in [6.45, 7) is 2.07. The summed E-state index contributed by atoms with van der Waals surface area (Å²) < 4.78 is 13.7. The maximum atomic E-state index is 13.2. The Hall–Kier alpha value is -0.860. The van der Waals surface area contributed by atoms with Crippen molar-refractivity contribution in [2.45, 2.75) is 19.3 Å². The molecule has 0 aliphatic heterocycles. The van der Waals surface area contributed by atoms with Gasteiger partial charge in [-0.15, -0.1) is 11.6 Å². The number of alkyl halides is 1. The van der Waals surface area contributed by atoms with Gasteiger partial charge in [0.1, 0.15) is 5.82 Å². The van der Waals surface area contributed by atoms with E-state index in [9.17, 15) is 4.39 Å². The molecule has 1 atom stereocenters. The minimum absolute atomic E-state index is 0.235. The summed E-state index contributed by atoms with van der Waals surface area (Å²) in [5.74, 6) is 0.569. The lowest BCUT2D eigenvalue weighted by Crippen LogP contribution is -2.05. The highest BCUT2D eigenvalue weighted by Crippen LogP contribution is 2.25. The summed E-state index contributed by atoms with van der Waals surface area (Å²) in [5, 5.41) is 0. The zero-order chi connectivity index (χ0) is 13.8. The van der Waals surface area contributed by atoms with Crippen LogP contribution < -0.4 is 0 Å². The van der Waals surface area contributed by atoms with Crippen molar-refractivity contribution >= 4 is 27.5 Å². The Bertz CT molecular complexity index is 568. The van der Waals surface area contributed by atoms with E-state index in [2.05, 4.69) is 41.1 Å². The van der Waals surface area contributed by atoms with Crippen molar-refractivity contribution in [2.75, 3.05) is 5.88 Å². The minimum Gasteiger partial charge on any atom is -0.206 e. The van der Waals surface area contributed by atoms with Crippen molar-refractivity contribution in [3.8, 4) is 0 Å². The molecule has 2 rings (SSSR count). The molecule has 0 bridgehead atoms. The van der Waals surface area contributed by atoms with Crippen molar-refractivity contribution in [3.63, 3.8) is 0 Å². The maximum Gasteiger partial charge on any atom is 0.137 e. The smallest absolute Gasteiger partial charge is 0.137 e. The molecular weight excluding hydrogens is 327 g/mol. The second-order valence-corrected chi connectivity index (χ2v) is 5.88. The van der Waals surface area contributed by atoms with Gasteiger partial charge in [0.2, 0.25) is 0 Å². The third kappa shape index (κ3) is 3.80. The Balaban J connectivity index is 2.21. The zero-order valence-electron chi connectivity index (χ0n) is 10.7. The number of hydrogen-bond donors (Lipinski definition) is 0. The lowest BCUT2D eigenvalue weighted by atomic mass is 9.92. The van der Waals surface area contributed by atoms with Crippen LogP contribution >= 0.6 is 27.5 Å². The molecule has 0 aliphatic rings. The standard InChI is InChI=1S/C16H15BrClF/c1-11-3-2-4-13(7-11)14(10-18)8-12-5-6-16(19)15(17)9-12/h2-7,9,14H,8,10H2,1H3. The Kier molecular flexibility index (Phi) is 5.00. The van der Waals surface area contributed by atoms with Crippen LogP contribution in [0.25, 0.3) is 0 Å². The molecule has 0 spiro atoms. The summed E-state index contributed by atoms with van der Waals surface area (Å²) in [4.78, 5) is 0. The molecule has 0 nitrogen and oxygen atoms in total. The van der Waals surface area contributed by atoms with Crippen LogP contribution in [0.2, 0.25) is 0 Å². The van der Waals surface area contributed by atoms with E-state index in [0.29, 0.717) is 10.4 Å². The van der Waals surface area contributed by atoms with Gasteiger partial charge in [0.05, 0.1) is 4.47 Å². The fraction of sp³-hybridized carbons (Fsp3) is 0.250. The number of halogens is 3. The van der Waals surface area contributed by atoms with E-state index >= 15 is 0 Å². The third-order valence-electron chi connectivity index (χ3n) is 3.17. The average Bonchev–Trinajstić information content (AvgIpc) is 2.40. The van der Waals surface area contributed by atoms with Crippen LogP contribution in [0, 0.1) is 12.7 Å². The molecule has 0 radical (unpaired) electrons. The monoisotopic (exact) mass is 340 g/mol. The van der Waals surface area contributed by atoms with Gasteiger partial charge in [0, 0.05) is 11.8 Å². The van der Waals surface area contributed by atoms with Crippen molar-refractivity contribution in [1.82, 2.24) is 0 Å². The Labute approximate surface area is 126 Å². The van der Waals surface area contributed by atoms with E-state index in [1.807, 2.05) is 18.2 Å². The lowest BCUT2D eigenvalue weighted by Gasteiger charge is -2.15. The highest BCUT2D eigenvalue weighted by Gasteiger charge is 2.12. The average molecular weight is 342 g/mol. The minimum atomic E-state index is -0.235. The molecule has 1 unspecified atom stereocenters. The predicted octanol–water partition coefficient (Wildman–Crippen LogP) is 5.46. The fourth-order valence-corrected chi connectivity index (χ4v) is 2.85. The maximum absolute atomic E-state index is 13.2. The van der Waals surface area contributed by atoms with Crippen LogP contribution in [0.5, 0.6) is 0 Å². The van der Waals surface area contributed by atoms with Crippen LogP contribution in [-0.2, 0) is 6.42 Å². The van der Waals surface area contributed by atoms with Gasteiger partial charge in [-0.3, -0.25) is 0 Å². The van der Waals surface area contributed by atoms with E-state index in [0.717, 1.165) is 12.0 Å². The quantitative estimate of drug-likeness (QED) is 0.648. The summed E-state index contributed by atoms with van der Waals surface area (Å²) in [6, 6.07) is 13.5. The molecule has 0 saturated heterocycles. The van der Waals surface area contributed by atoms with Gasteiger partial charge in [-0.1, -0.05) is 35.9 Å². The van der Waals surface area contributed by atoms with Crippen LogP contribution in [0.3, 0.4) is 0 Å². The van der Waals surface area contributed by atoms with Crippen LogP contribution in [0.15, 0.2) is 46.9 Å². The second kappa shape index (κ2) is 6.53. The molecule has 2 aromatic rings. The first-order chi connectivity index (χ1) is 9.10. The van der Waals surface area contributed by atoms with Crippen molar-refractivity contribution in [1.29, 1.82) is 0 Å². The van der Waals surface area contributed by atoms with Gasteiger partial charge in [0.25, 0.3) is 0 Å². The molecule has 0 saturated carbocycles. The number of aryl methyl sites for hydroxylation is 1. The zero-order valence-corrected chi connectivity index (χ0v) is 13.0. The topological polar surface area (TPSA) is 0 Å². The largest absolute Gasteiger partial charge is 0.206 e. The summed E-state index contributed by atoms with van der Waals surface area (Å²) in [7, 11) is 0. The van der Waals surface area contributed by atoms with Crippen molar-refractivity contribution in [2.24, 2.45) is 0 Å². The van der Waals surface area contributed by atoms with Gasteiger partial charge in [-0.2, -0.15) is 0 Å². The molecule has 0 aromatic heterocycles. The molecule has 0 fully saturated rings. The molecule has 0 N–H and O–H groups in total. The molecule has 100 valence electrons. The molecule has 0 amide bonds. The first-order valence-corrected chi connectivity index (χ1v) is 7.49. The van der Waals surface area contributed by atoms with Crippen LogP contribution in [0.1, 0.15) is 22.6 Å². The SMILES string of the molecule is Cc1cccc(C(CCl)Cc2ccc(F)c(Br)c2)c1. The molecule has 19 heavy (non-hydrogen) atoms. The van der Waals surface area contributed by atoms with E-state index in [1.165, 1.54) is 17.2 Å². The third-order valence-corrected chi connectivity index (χ3v) is 4.15. The molecule has 0 aliphatic carbocycles. The highest BCUT2D eigenvalue weighted by molar-refractivity contribution is 9.10. The highest BCUT2D eigenvalue weighted by atomic mass is 79.9. The van der Waals surface area contributed by atoms with E-state index in [1.54, 1.807) is 0 Å². The fourth-order valence-electron chi connectivity index (χ4n) is 2.14. The van der Waals surface area contributed by atoms with E-state index in [4.69, 9.17) is 11.6 Å². The number of hydrogen-bond acceptors (Lipinski definition) is 0. The molecule has 2 aromatic carbocycles. The lowest BCUT2D eigenvalue weighted by molar-refractivity contribution is 0.619.